The zero-order chi connectivity index (χ0) is 11.3. The van der Waals surface area contributed by atoms with Crippen LogP contribution >= 0.6 is 0 Å². The minimum atomic E-state index is -0.470. The quantitative estimate of drug-likeness (QED) is 0.727. The summed E-state index contributed by atoms with van der Waals surface area (Å²) >= 11 is 0. The lowest BCUT2D eigenvalue weighted by molar-refractivity contribution is -0.123. The first-order valence-electron chi connectivity index (χ1n) is 5.85. The van der Waals surface area contributed by atoms with Crippen molar-refractivity contribution >= 4 is 5.91 Å². The van der Waals surface area contributed by atoms with Crippen molar-refractivity contribution in [2.75, 3.05) is 6.54 Å². The van der Waals surface area contributed by atoms with E-state index >= 15 is 0 Å². The number of nitrogens with one attached hydrogen (secondary N) is 1. The number of nitriles is 1. The van der Waals surface area contributed by atoms with Gasteiger partial charge in [0, 0.05) is 6.54 Å². The van der Waals surface area contributed by atoms with Crippen molar-refractivity contribution in [3.05, 3.63) is 0 Å². The van der Waals surface area contributed by atoms with Gasteiger partial charge in [0.25, 0.3) is 0 Å². The van der Waals surface area contributed by atoms with Crippen molar-refractivity contribution in [2.24, 2.45) is 11.3 Å². The Morgan fingerprint density at radius 1 is 1.53 bits per heavy atom. The highest BCUT2D eigenvalue weighted by molar-refractivity contribution is 5.81. The molecule has 0 saturated heterocycles. The van der Waals surface area contributed by atoms with E-state index in [1.54, 1.807) is 0 Å². The number of nitrogens with zero attached hydrogens (tertiary/aromatic N) is 1. The average molecular weight is 208 g/mol. The molecule has 0 aromatic rings. The fourth-order valence-corrected chi connectivity index (χ4v) is 1.96. The van der Waals surface area contributed by atoms with Gasteiger partial charge in [0.1, 0.15) is 5.92 Å². The lowest BCUT2D eigenvalue weighted by Gasteiger charge is -2.15. The van der Waals surface area contributed by atoms with Crippen LogP contribution in [0.3, 0.4) is 0 Å². The number of carbonyl (C=O) groups excluding carboxylic acids is 1. The molecular formula is C12H20N2O. The van der Waals surface area contributed by atoms with Gasteiger partial charge in [-0.15, -0.1) is 0 Å². The van der Waals surface area contributed by atoms with Crippen LogP contribution in [-0.2, 0) is 4.79 Å². The molecule has 0 spiro atoms. The Morgan fingerprint density at radius 3 is 2.60 bits per heavy atom. The van der Waals surface area contributed by atoms with E-state index in [1.807, 2.05) is 13.0 Å². The third kappa shape index (κ3) is 3.23. The van der Waals surface area contributed by atoms with Gasteiger partial charge in [-0.2, -0.15) is 5.26 Å². The molecule has 1 aliphatic rings. The van der Waals surface area contributed by atoms with Crippen molar-refractivity contribution < 1.29 is 4.79 Å². The van der Waals surface area contributed by atoms with Crippen molar-refractivity contribution in [3.63, 3.8) is 0 Å². The Labute approximate surface area is 91.9 Å². The molecule has 3 nitrogen and oxygen atoms in total. The number of hydrogen-bond donors (Lipinski definition) is 1. The molecule has 0 radical (unpaired) electrons. The molecule has 1 aliphatic carbocycles. The highest BCUT2D eigenvalue weighted by Crippen LogP contribution is 2.48. The molecule has 84 valence electrons. The van der Waals surface area contributed by atoms with Crippen LogP contribution in [-0.4, -0.2) is 12.5 Å². The molecule has 0 aromatic carbocycles. The van der Waals surface area contributed by atoms with Crippen LogP contribution in [0.2, 0.25) is 0 Å². The predicted octanol–water partition coefficient (Wildman–Crippen LogP) is 2.23. The van der Waals surface area contributed by atoms with Gasteiger partial charge >= 0.3 is 0 Å². The van der Waals surface area contributed by atoms with Crippen molar-refractivity contribution in [1.82, 2.24) is 5.32 Å². The fraction of sp³-hybridized carbons (Fsp3) is 0.833. The van der Waals surface area contributed by atoms with Crippen LogP contribution in [0.4, 0.5) is 0 Å². The van der Waals surface area contributed by atoms with E-state index in [2.05, 4.69) is 12.2 Å². The summed E-state index contributed by atoms with van der Waals surface area (Å²) in [7, 11) is 0. The van der Waals surface area contributed by atoms with Crippen LogP contribution in [0.15, 0.2) is 0 Å². The minimum absolute atomic E-state index is 0.0950. The van der Waals surface area contributed by atoms with Crippen LogP contribution < -0.4 is 5.32 Å². The largest absolute Gasteiger partial charge is 0.354 e. The smallest absolute Gasteiger partial charge is 0.237 e. The van der Waals surface area contributed by atoms with E-state index in [-0.39, 0.29) is 5.91 Å². The molecule has 1 saturated carbocycles. The summed E-state index contributed by atoms with van der Waals surface area (Å²) in [5.74, 6) is -0.565. The van der Waals surface area contributed by atoms with Gasteiger partial charge < -0.3 is 5.32 Å². The molecule has 1 fully saturated rings. The summed E-state index contributed by atoms with van der Waals surface area (Å²) in [4.78, 5) is 11.6. The summed E-state index contributed by atoms with van der Waals surface area (Å²) in [5, 5.41) is 11.6. The van der Waals surface area contributed by atoms with Crippen molar-refractivity contribution in [3.8, 4) is 6.07 Å². The second kappa shape index (κ2) is 5.16. The van der Waals surface area contributed by atoms with E-state index in [1.165, 1.54) is 25.7 Å². The summed E-state index contributed by atoms with van der Waals surface area (Å²) in [5.41, 5.74) is 0.373. The first kappa shape index (κ1) is 12.0. The van der Waals surface area contributed by atoms with Gasteiger partial charge in [0.2, 0.25) is 5.91 Å². The average Bonchev–Trinajstić information content (AvgIpc) is 2.98. The van der Waals surface area contributed by atoms with Crippen LogP contribution in [0, 0.1) is 22.7 Å². The summed E-state index contributed by atoms with van der Waals surface area (Å²) < 4.78 is 0. The van der Waals surface area contributed by atoms with E-state index in [0.717, 1.165) is 6.54 Å². The SMILES string of the molecule is CCCC1(CNC(=O)C(C#N)CC)CC1. The molecule has 0 aromatic heterocycles. The standard InChI is InChI=1S/C12H20N2O/c1-3-5-12(6-7-12)9-14-11(15)10(4-2)8-13/h10H,3-7,9H2,1-2H3,(H,14,15). The molecule has 3 heteroatoms. The second-order valence-electron chi connectivity index (χ2n) is 4.56. The topological polar surface area (TPSA) is 52.9 Å². The Morgan fingerprint density at radius 2 is 2.20 bits per heavy atom. The van der Waals surface area contributed by atoms with Gasteiger partial charge in [0.05, 0.1) is 6.07 Å². The molecule has 1 amide bonds. The van der Waals surface area contributed by atoms with E-state index in [0.29, 0.717) is 11.8 Å². The zero-order valence-electron chi connectivity index (χ0n) is 9.68. The number of amides is 1. The molecule has 1 atom stereocenters. The predicted molar refractivity (Wildman–Crippen MR) is 59.0 cm³/mol. The van der Waals surface area contributed by atoms with Gasteiger partial charge in [-0.1, -0.05) is 20.3 Å². The summed E-state index contributed by atoms with van der Waals surface area (Å²) in [6, 6.07) is 2.03. The lowest BCUT2D eigenvalue weighted by atomic mass is 10.00. The summed E-state index contributed by atoms with van der Waals surface area (Å²) in [6.07, 6.45) is 5.42. The first-order chi connectivity index (χ1) is 7.17. The zero-order valence-corrected chi connectivity index (χ0v) is 9.68. The molecule has 1 unspecified atom stereocenters. The first-order valence-corrected chi connectivity index (χ1v) is 5.85. The van der Waals surface area contributed by atoms with Crippen LogP contribution in [0.5, 0.6) is 0 Å². The Kier molecular flexibility index (Phi) is 4.14. The normalized spacial score (nSPS) is 19.0. The number of hydrogen-bond acceptors (Lipinski definition) is 2. The Hall–Kier alpha value is -1.04. The van der Waals surface area contributed by atoms with Gasteiger partial charge in [-0.05, 0) is 31.1 Å². The third-order valence-electron chi connectivity index (χ3n) is 3.26. The molecule has 1 N–H and O–H groups in total. The van der Waals surface area contributed by atoms with E-state index in [4.69, 9.17) is 5.26 Å². The van der Waals surface area contributed by atoms with E-state index in [9.17, 15) is 4.79 Å². The number of carbonyl (C=O) groups is 1. The van der Waals surface area contributed by atoms with Crippen molar-refractivity contribution in [2.45, 2.75) is 46.0 Å². The maximum Gasteiger partial charge on any atom is 0.237 e. The van der Waals surface area contributed by atoms with E-state index < -0.39 is 5.92 Å². The van der Waals surface area contributed by atoms with Gasteiger partial charge in [0.15, 0.2) is 0 Å². The summed E-state index contributed by atoms with van der Waals surface area (Å²) in [6.45, 7) is 4.80. The molecule has 1 rings (SSSR count). The molecular weight excluding hydrogens is 188 g/mol. The fourth-order valence-electron chi connectivity index (χ4n) is 1.96. The Balaban J connectivity index is 2.31. The number of rotatable bonds is 6. The third-order valence-corrected chi connectivity index (χ3v) is 3.26. The van der Waals surface area contributed by atoms with Gasteiger partial charge in [-0.25, -0.2) is 0 Å². The van der Waals surface area contributed by atoms with Crippen LogP contribution in [0.1, 0.15) is 46.0 Å². The highest BCUT2D eigenvalue weighted by Gasteiger charge is 2.41. The van der Waals surface area contributed by atoms with Crippen molar-refractivity contribution in [1.29, 1.82) is 5.26 Å². The molecule has 0 aliphatic heterocycles. The maximum atomic E-state index is 11.6. The Bertz CT molecular complexity index is 263. The highest BCUT2D eigenvalue weighted by atomic mass is 16.1. The maximum absolute atomic E-state index is 11.6. The molecule has 0 bridgehead atoms. The second-order valence-corrected chi connectivity index (χ2v) is 4.56. The molecule has 15 heavy (non-hydrogen) atoms. The lowest BCUT2D eigenvalue weighted by Crippen LogP contribution is -2.34. The monoisotopic (exact) mass is 208 g/mol. The van der Waals surface area contributed by atoms with Gasteiger partial charge in [-0.3, -0.25) is 4.79 Å². The van der Waals surface area contributed by atoms with Crippen LogP contribution in [0.25, 0.3) is 0 Å². The molecule has 0 heterocycles. The minimum Gasteiger partial charge on any atom is -0.354 e.